The van der Waals surface area contributed by atoms with Crippen LogP contribution in [0.2, 0.25) is 0 Å². The maximum absolute atomic E-state index is 12.6. The molecule has 5 nitrogen and oxygen atoms in total. The summed E-state index contributed by atoms with van der Waals surface area (Å²) >= 11 is 0. The lowest BCUT2D eigenvalue weighted by atomic mass is 10.0. The number of amides is 1. The zero-order chi connectivity index (χ0) is 19.2. The van der Waals surface area contributed by atoms with Gasteiger partial charge in [-0.2, -0.15) is 0 Å². The molecule has 150 valence electrons. The second-order valence-corrected chi connectivity index (χ2v) is 8.20. The summed E-state index contributed by atoms with van der Waals surface area (Å²) in [5.41, 5.74) is 1.93. The minimum Gasteiger partial charge on any atom is -0.381 e. The molecule has 0 aliphatic carbocycles. The first-order valence-corrected chi connectivity index (χ1v) is 10.5. The van der Waals surface area contributed by atoms with Gasteiger partial charge in [-0.25, -0.2) is 0 Å². The number of likely N-dealkylation sites (tertiary alicyclic amines) is 1. The number of carbonyl (C=O) groups excluding carboxylic acids is 1. The van der Waals surface area contributed by atoms with Gasteiger partial charge in [-0.1, -0.05) is 0 Å². The number of rotatable bonds is 7. The first-order valence-electron chi connectivity index (χ1n) is 10.5. The lowest BCUT2D eigenvalue weighted by Crippen LogP contribution is -2.45. The number of nitrogens with one attached hydrogen (secondary N) is 1. The summed E-state index contributed by atoms with van der Waals surface area (Å²) in [6.45, 7) is 12.6. The fraction of sp³-hybridized carbons (Fsp3) is 0.682. The molecule has 1 amide bonds. The largest absolute Gasteiger partial charge is 0.381 e. The van der Waals surface area contributed by atoms with Gasteiger partial charge in [0.15, 0.2) is 0 Å². The van der Waals surface area contributed by atoms with Crippen molar-refractivity contribution in [2.45, 2.75) is 52.1 Å². The summed E-state index contributed by atoms with van der Waals surface area (Å²) in [7, 11) is 0. The van der Waals surface area contributed by atoms with Gasteiger partial charge in [0.05, 0.1) is 6.61 Å². The Balaban J connectivity index is 1.46. The summed E-state index contributed by atoms with van der Waals surface area (Å²) in [5.74, 6) is 0.750. The van der Waals surface area contributed by atoms with Crippen LogP contribution in [-0.2, 0) is 4.74 Å². The quantitative estimate of drug-likeness (QED) is 0.797. The van der Waals surface area contributed by atoms with Crippen LogP contribution in [0.5, 0.6) is 0 Å². The Bertz CT molecular complexity index is 588. The van der Waals surface area contributed by atoms with Gasteiger partial charge < -0.3 is 19.9 Å². The van der Waals surface area contributed by atoms with E-state index in [9.17, 15) is 4.79 Å². The van der Waals surface area contributed by atoms with E-state index < -0.39 is 0 Å². The Kier molecular flexibility index (Phi) is 7.13. The molecule has 0 aromatic heterocycles. The van der Waals surface area contributed by atoms with E-state index in [-0.39, 0.29) is 11.9 Å². The average molecular weight is 374 g/mol. The predicted molar refractivity (Wildman–Crippen MR) is 110 cm³/mol. The molecule has 3 rings (SSSR count). The molecule has 1 unspecified atom stereocenters. The third-order valence-corrected chi connectivity index (χ3v) is 5.89. The Morgan fingerprint density at radius 2 is 1.93 bits per heavy atom. The summed E-state index contributed by atoms with van der Waals surface area (Å²) in [6.07, 6.45) is 3.27. The monoisotopic (exact) mass is 373 g/mol. The lowest BCUT2D eigenvalue weighted by Gasteiger charge is -2.33. The SMILES string of the molecule is CCN(c1ccc(C(=O)NC2CCN(CC3CCOC3)CC2)cc1)C(C)C. The number of piperidine rings is 1. The van der Waals surface area contributed by atoms with E-state index in [1.165, 1.54) is 12.1 Å². The highest BCUT2D eigenvalue weighted by Crippen LogP contribution is 2.20. The molecule has 2 aliphatic rings. The molecular weight excluding hydrogens is 338 g/mol. The van der Waals surface area contributed by atoms with Crippen molar-refractivity contribution in [3.63, 3.8) is 0 Å². The van der Waals surface area contributed by atoms with Crippen molar-refractivity contribution < 1.29 is 9.53 Å². The van der Waals surface area contributed by atoms with Crippen molar-refractivity contribution in [3.8, 4) is 0 Å². The van der Waals surface area contributed by atoms with Crippen molar-refractivity contribution in [2.75, 3.05) is 44.3 Å². The van der Waals surface area contributed by atoms with Crippen molar-refractivity contribution in [1.29, 1.82) is 0 Å². The molecule has 2 saturated heterocycles. The number of hydrogen-bond donors (Lipinski definition) is 1. The molecule has 1 atom stereocenters. The van der Waals surface area contributed by atoms with Crippen LogP contribution >= 0.6 is 0 Å². The summed E-state index contributed by atoms with van der Waals surface area (Å²) in [5, 5.41) is 3.23. The first-order chi connectivity index (χ1) is 13.1. The maximum atomic E-state index is 12.6. The van der Waals surface area contributed by atoms with Gasteiger partial charge in [-0.05, 0) is 70.2 Å². The standard InChI is InChI=1S/C22H35N3O2/c1-4-25(17(2)3)21-7-5-19(6-8-21)22(26)23-20-9-12-24(13-10-20)15-18-11-14-27-16-18/h5-8,17-18,20H,4,9-16H2,1-3H3,(H,23,26). The van der Waals surface area contributed by atoms with Crippen molar-refractivity contribution in [2.24, 2.45) is 5.92 Å². The number of anilines is 1. The molecule has 2 heterocycles. The molecule has 27 heavy (non-hydrogen) atoms. The van der Waals surface area contributed by atoms with Crippen LogP contribution in [0.15, 0.2) is 24.3 Å². The Morgan fingerprint density at radius 3 is 2.48 bits per heavy atom. The van der Waals surface area contributed by atoms with E-state index in [1.54, 1.807) is 0 Å². The smallest absolute Gasteiger partial charge is 0.251 e. The maximum Gasteiger partial charge on any atom is 0.251 e. The Labute approximate surface area is 164 Å². The molecule has 1 aromatic carbocycles. The highest BCUT2D eigenvalue weighted by atomic mass is 16.5. The van der Waals surface area contributed by atoms with Crippen molar-refractivity contribution in [3.05, 3.63) is 29.8 Å². The average Bonchev–Trinajstić information content (AvgIpc) is 3.17. The van der Waals surface area contributed by atoms with Gasteiger partial charge in [-0.3, -0.25) is 4.79 Å². The molecule has 0 bridgehead atoms. The highest BCUT2D eigenvalue weighted by Gasteiger charge is 2.24. The van der Waals surface area contributed by atoms with Crippen molar-refractivity contribution in [1.82, 2.24) is 10.2 Å². The molecule has 2 aliphatic heterocycles. The second-order valence-electron chi connectivity index (χ2n) is 8.20. The van der Waals surface area contributed by atoms with Gasteiger partial charge in [0.25, 0.3) is 5.91 Å². The molecule has 1 N–H and O–H groups in total. The van der Waals surface area contributed by atoms with E-state index in [1.807, 2.05) is 12.1 Å². The van der Waals surface area contributed by atoms with Crippen LogP contribution in [0.25, 0.3) is 0 Å². The number of carbonyl (C=O) groups is 1. The minimum absolute atomic E-state index is 0.0526. The van der Waals surface area contributed by atoms with E-state index in [4.69, 9.17) is 4.74 Å². The van der Waals surface area contributed by atoms with Gasteiger partial charge in [0.1, 0.15) is 0 Å². The normalized spacial score (nSPS) is 21.6. The van der Waals surface area contributed by atoms with Crippen molar-refractivity contribution >= 4 is 11.6 Å². The summed E-state index contributed by atoms with van der Waals surface area (Å²) in [4.78, 5) is 17.5. The fourth-order valence-electron chi connectivity index (χ4n) is 4.27. The molecule has 0 spiro atoms. The van der Waals surface area contributed by atoms with E-state index in [0.717, 1.165) is 57.8 Å². The summed E-state index contributed by atoms with van der Waals surface area (Å²) in [6, 6.07) is 8.76. The Hall–Kier alpha value is -1.59. The molecule has 5 heteroatoms. The highest BCUT2D eigenvalue weighted by molar-refractivity contribution is 5.94. The van der Waals surface area contributed by atoms with E-state index >= 15 is 0 Å². The predicted octanol–water partition coefficient (Wildman–Crippen LogP) is 3.15. The zero-order valence-electron chi connectivity index (χ0n) is 17.1. The van der Waals surface area contributed by atoms with Crippen LogP contribution in [0.4, 0.5) is 5.69 Å². The van der Waals surface area contributed by atoms with E-state index in [2.05, 4.69) is 48.0 Å². The Morgan fingerprint density at radius 1 is 1.22 bits per heavy atom. The number of nitrogens with zero attached hydrogens (tertiary/aromatic N) is 2. The number of ether oxygens (including phenoxy) is 1. The second kappa shape index (κ2) is 9.56. The fourth-order valence-corrected chi connectivity index (χ4v) is 4.27. The molecule has 1 aromatic rings. The van der Waals surface area contributed by atoms with Gasteiger partial charge >= 0.3 is 0 Å². The summed E-state index contributed by atoms with van der Waals surface area (Å²) < 4.78 is 5.48. The van der Waals surface area contributed by atoms with Gasteiger partial charge in [0, 0.05) is 56.1 Å². The minimum atomic E-state index is 0.0526. The number of benzene rings is 1. The molecular formula is C22H35N3O2. The first kappa shape index (κ1) is 20.2. The topological polar surface area (TPSA) is 44.8 Å². The van der Waals surface area contributed by atoms with E-state index in [0.29, 0.717) is 12.0 Å². The van der Waals surface area contributed by atoms with Crippen LogP contribution in [0.3, 0.4) is 0 Å². The van der Waals surface area contributed by atoms with Crippen LogP contribution in [-0.4, -0.2) is 62.3 Å². The lowest BCUT2D eigenvalue weighted by molar-refractivity contribution is 0.0903. The molecule has 0 radical (unpaired) electrons. The number of hydrogen-bond acceptors (Lipinski definition) is 4. The van der Waals surface area contributed by atoms with Crippen LogP contribution in [0.1, 0.15) is 50.4 Å². The van der Waals surface area contributed by atoms with Gasteiger partial charge in [0.2, 0.25) is 0 Å². The third kappa shape index (κ3) is 5.45. The third-order valence-electron chi connectivity index (χ3n) is 5.89. The van der Waals surface area contributed by atoms with Crippen LogP contribution < -0.4 is 10.2 Å². The molecule has 2 fully saturated rings. The molecule has 0 saturated carbocycles. The van der Waals surface area contributed by atoms with Crippen LogP contribution in [0, 0.1) is 5.92 Å². The van der Waals surface area contributed by atoms with Gasteiger partial charge in [-0.15, -0.1) is 0 Å². The zero-order valence-corrected chi connectivity index (χ0v) is 17.1.